The molecule has 2 N–H and O–H groups in total. The van der Waals surface area contributed by atoms with Crippen LogP contribution in [0.25, 0.3) is 0 Å². The molecule has 0 saturated heterocycles. The summed E-state index contributed by atoms with van der Waals surface area (Å²) in [5.41, 5.74) is 3.07. The van der Waals surface area contributed by atoms with Gasteiger partial charge in [0.2, 0.25) is 5.88 Å². The van der Waals surface area contributed by atoms with Crippen molar-refractivity contribution >= 4 is 28.7 Å². The Morgan fingerprint density at radius 2 is 2.00 bits per heavy atom. The van der Waals surface area contributed by atoms with Crippen molar-refractivity contribution in [2.75, 3.05) is 17.7 Å². The molecule has 2 rings (SSSR count). The maximum Gasteiger partial charge on any atom is 0.213 e. The lowest BCUT2D eigenvalue weighted by molar-refractivity contribution is 0.398. The number of thiocarbonyl (C=S) groups is 1. The van der Waals surface area contributed by atoms with E-state index < -0.39 is 0 Å². The molecular formula is C15H17N3OS. The highest BCUT2D eigenvalue weighted by molar-refractivity contribution is 7.80. The first-order valence-corrected chi connectivity index (χ1v) is 6.79. The average molecular weight is 287 g/mol. The lowest BCUT2D eigenvalue weighted by Gasteiger charge is -2.13. The number of nitrogens with one attached hydrogen (secondary N) is 2. The van der Waals surface area contributed by atoms with Crippen molar-refractivity contribution in [1.29, 1.82) is 0 Å². The van der Waals surface area contributed by atoms with Crippen molar-refractivity contribution in [3.8, 4) is 5.88 Å². The first-order valence-electron chi connectivity index (χ1n) is 6.39. The minimum absolute atomic E-state index is 0.540. The highest BCUT2D eigenvalue weighted by Crippen LogP contribution is 2.16. The number of benzene rings is 1. The second-order valence-corrected chi connectivity index (χ2v) is 4.59. The third kappa shape index (κ3) is 3.68. The summed E-state index contributed by atoms with van der Waals surface area (Å²) in [6.45, 7) is 2.12. The van der Waals surface area contributed by atoms with Crippen molar-refractivity contribution in [2.45, 2.75) is 13.3 Å². The molecule has 1 heterocycles. The van der Waals surface area contributed by atoms with Crippen LogP contribution in [0.15, 0.2) is 42.6 Å². The van der Waals surface area contributed by atoms with Crippen LogP contribution >= 0.6 is 12.2 Å². The van der Waals surface area contributed by atoms with Gasteiger partial charge in [-0.3, -0.25) is 0 Å². The topological polar surface area (TPSA) is 46.2 Å². The molecule has 0 bridgehead atoms. The van der Waals surface area contributed by atoms with Crippen LogP contribution in [0.1, 0.15) is 12.5 Å². The van der Waals surface area contributed by atoms with E-state index >= 15 is 0 Å². The van der Waals surface area contributed by atoms with Gasteiger partial charge >= 0.3 is 0 Å². The molecule has 2 aromatic rings. The quantitative estimate of drug-likeness (QED) is 0.843. The summed E-state index contributed by atoms with van der Waals surface area (Å²) in [5.74, 6) is 0.575. The van der Waals surface area contributed by atoms with Crippen LogP contribution in [-0.4, -0.2) is 17.2 Å². The molecule has 0 saturated carbocycles. The number of pyridine rings is 1. The van der Waals surface area contributed by atoms with E-state index in [0.29, 0.717) is 11.0 Å². The molecule has 104 valence electrons. The molecule has 0 aliphatic heterocycles. The zero-order valence-electron chi connectivity index (χ0n) is 11.5. The number of para-hydroxylation sites is 1. The Labute approximate surface area is 124 Å². The van der Waals surface area contributed by atoms with Gasteiger partial charge in [0.1, 0.15) is 0 Å². The second kappa shape index (κ2) is 6.86. The number of methoxy groups -OCH3 is 1. The SMILES string of the molecule is CCc1ccccc1NC(=S)Nc1ccc(OC)nc1. The molecule has 0 unspecified atom stereocenters. The fourth-order valence-corrected chi connectivity index (χ4v) is 2.04. The van der Waals surface area contributed by atoms with E-state index in [0.717, 1.165) is 17.8 Å². The Morgan fingerprint density at radius 3 is 2.65 bits per heavy atom. The molecule has 5 heteroatoms. The van der Waals surface area contributed by atoms with Gasteiger partial charge in [-0.2, -0.15) is 0 Å². The molecule has 4 nitrogen and oxygen atoms in total. The Balaban J connectivity index is 2.01. The van der Waals surface area contributed by atoms with Crippen LogP contribution in [0.4, 0.5) is 11.4 Å². The van der Waals surface area contributed by atoms with Gasteiger partial charge in [0.15, 0.2) is 5.11 Å². The third-order valence-corrected chi connectivity index (χ3v) is 3.05. The molecular weight excluding hydrogens is 270 g/mol. The maximum absolute atomic E-state index is 5.31. The zero-order chi connectivity index (χ0) is 14.4. The van der Waals surface area contributed by atoms with Crippen LogP contribution in [0.3, 0.4) is 0 Å². The van der Waals surface area contributed by atoms with Crippen molar-refractivity contribution in [3.05, 3.63) is 48.2 Å². The second-order valence-electron chi connectivity index (χ2n) is 4.18. The van der Waals surface area contributed by atoms with Crippen LogP contribution < -0.4 is 15.4 Å². The van der Waals surface area contributed by atoms with E-state index in [1.54, 1.807) is 19.4 Å². The highest BCUT2D eigenvalue weighted by atomic mass is 32.1. The number of aryl methyl sites for hydroxylation is 1. The van der Waals surface area contributed by atoms with Gasteiger partial charge < -0.3 is 15.4 Å². The minimum atomic E-state index is 0.540. The Hall–Kier alpha value is -2.14. The number of anilines is 2. The van der Waals surface area contributed by atoms with Crippen LogP contribution in [0.5, 0.6) is 5.88 Å². The summed E-state index contributed by atoms with van der Waals surface area (Å²) in [6, 6.07) is 11.8. The smallest absolute Gasteiger partial charge is 0.213 e. The van der Waals surface area contributed by atoms with E-state index in [1.807, 2.05) is 24.3 Å². The molecule has 1 aromatic heterocycles. The van der Waals surface area contributed by atoms with Crippen LogP contribution in [-0.2, 0) is 6.42 Å². The fourth-order valence-electron chi connectivity index (χ4n) is 1.81. The lowest BCUT2D eigenvalue weighted by atomic mass is 10.1. The number of aromatic nitrogens is 1. The predicted molar refractivity (Wildman–Crippen MR) is 86.5 cm³/mol. The largest absolute Gasteiger partial charge is 0.481 e. The number of hydrogen-bond acceptors (Lipinski definition) is 3. The standard InChI is InChI=1S/C15H17N3OS/c1-3-11-6-4-5-7-13(11)18-15(20)17-12-8-9-14(19-2)16-10-12/h4-10H,3H2,1-2H3,(H2,17,18,20). The van der Waals surface area contributed by atoms with E-state index in [1.165, 1.54) is 5.56 Å². The maximum atomic E-state index is 5.31. The molecule has 0 atom stereocenters. The van der Waals surface area contributed by atoms with Gasteiger partial charge in [0.25, 0.3) is 0 Å². The molecule has 0 aliphatic rings. The Kier molecular flexibility index (Phi) is 4.90. The Bertz CT molecular complexity index is 584. The molecule has 0 spiro atoms. The number of rotatable bonds is 4. The summed E-state index contributed by atoms with van der Waals surface area (Å²) in [5, 5.41) is 6.83. The van der Waals surface area contributed by atoms with Crippen molar-refractivity contribution < 1.29 is 4.74 Å². The molecule has 0 aliphatic carbocycles. The summed E-state index contributed by atoms with van der Waals surface area (Å²) < 4.78 is 5.01. The van der Waals surface area contributed by atoms with Gasteiger partial charge in [-0.05, 0) is 36.3 Å². The van der Waals surface area contributed by atoms with Gasteiger partial charge in [-0.1, -0.05) is 25.1 Å². The van der Waals surface area contributed by atoms with E-state index in [9.17, 15) is 0 Å². The Morgan fingerprint density at radius 1 is 1.20 bits per heavy atom. The molecule has 0 fully saturated rings. The van der Waals surface area contributed by atoms with Gasteiger partial charge in [0.05, 0.1) is 19.0 Å². The molecule has 1 aromatic carbocycles. The molecule has 20 heavy (non-hydrogen) atoms. The first-order chi connectivity index (χ1) is 9.72. The minimum Gasteiger partial charge on any atom is -0.481 e. The molecule has 0 amide bonds. The lowest BCUT2D eigenvalue weighted by Crippen LogP contribution is -2.19. The van der Waals surface area contributed by atoms with Crippen LogP contribution in [0.2, 0.25) is 0 Å². The van der Waals surface area contributed by atoms with Gasteiger partial charge in [-0.25, -0.2) is 4.98 Å². The number of ether oxygens (including phenoxy) is 1. The summed E-state index contributed by atoms with van der Waals surface area (Å²) in [6.07, 6.45) is 2.63. The van der Waals surface area contributed by atoms with E-state index in [-0.39, 0.29) is 0 Å². The van der Waals surface area contributed by atoms with E-state index in [4.69, 9.17) is 17.0 Å². The third-order valence-electron chi connectivity index (χ3n) is 2.85. The normalized spacial score (nSPS) is 9.90. The zero-order valence-corrected chi connectivity index (χ0v) is 12.3. The average Bonchev–Trinajstić information content (AvgIpc) is 2.48. The van der Waals surface area contributed by atoms with Crippen molar-refractivity contribution in [1.82, 2.24) is 4.98 Å². The summed E-state index contributed by atoms with van der Waals surface area (Å²) >= 11 is 5.31. The summed E-state index contributed by atoms with van der Waals surface area (Å²) in [7, 11) is 1.59. The first kappa shape index (κ1) is 14.3. The summed E-state index contributed by atoms with van der Waals surface area (Å²) in [4.78, 5) is 4.12. The van der Waals surface area contributed by atoms with Gasteiger partial charge in [-0.15, -0.1) is 0 Å². The predicted octanol–water partition coefficient (Wildman–Crippen LogP) is 3.46. The van der Waals surface area contributed by atoms with Gasteiger partial charge in [0, 0.05) is 11.8 Å². The highest BCUT2D eigenvalue weighted by Gasteiger charge is 2.03. The monoisotopic (exact) mass is 287 g/mol. The van der Waals surface area contributed by atoms with Crippen LogP contribution in [0, 0.1) is 0 Å². The number of hydrogen-bond donors (Lipinski definition) is 2. The number of nitrogens with zero attached hydrogens (tertiary/aromatic N) is 1. The fraction of sp³-hybridized carbons (Fsp3) is 0.200. The van der Waals surface area contributed by atoms with Crippen molar-refractivity contribution in [3.63, 3.8) is 0 Å². The molecule has 0 radical (unpaired) electrons. The van der Waals surface area contributed by atoms with Crippen molar-refractivity contribution in [2.24, 2.45) is 0 Å². The van der Waals surface area contributed by atoms with E-state index in [2.05, 4.69) is 28.6 Å².